The summed E-state index contributed by atoms with van der Waals surface area (Å²) in [6, 6.07) is 8.00. The summed E-state index contributed by atoms with van der Waals surface area (Å²) < 4.78 is 7.67. The number of hydrogen-bond donors (Lipinski definition) is 2. The predicted octanol–water partition coefficient (Wildman–Crippen LogP) is 2.07. The second-order valence-electron chi connectivity index (χ2n) is 6.98. The fourth-order valence-corrected chi connectivity index (χ4v) is 4.20. The molecule has 2 unspecified atom stereocenters. The standard InChI is InChI=1S/C17H21N3O3/c21-11-16(6-3-7-17(8-16)9-18-15(22)23-17)10-20-12-19-13-4-1-2-5-14(13)20/h1-2,4-5,12,21H,3,6-11H2,(H,18,22). The Hall–Kier alpha value is -2.08. The molecule has 2 aromatic rings. The van der Waals surface area contributed by atoms with Crippen molar-refractivity contribution in [1.29, 1.82) is 0 Å². The number of carbonyl (C=O) groups is 1. The highest BCUT2D eigenvalue weighted by Gasteiger charge is 2.50. The molecule has 1 amide bonds. The lowest BCUT2D eigenvalue weighted by Gasteiger charge is -2.44. The molecule has 2 fully saturated rings. The monoisotopic (exact) mass is 315 g/mol. The van der Waals surface area contributed by atoms with Crippen molar-refractivity contribution < 1.29 is 14.6 Å². The molecule has 1 saturated carbocycles. The van der Waals surface area contributed by atoms with Crippen molar-refractivity contribution in [1.82, 2.24) is 14.9 Å². The molecule has 2 aliphatic rings. The number of carbonyl (C=O) groups excluding carboxylic acids is 1. The molecule has 1 saturated heterocycles. The molecule has 1 aromatic carbocycles. The molecular weight excluding hydrogens is 294 g/mol. The van der Waals surface area contributed by atoms with Crippen LogP contribution in [-0.4, -0.2) is 39.5 Å². The van der Waals surface area contributed by atoms with Crippen LogP contribution in [0.15, 0.2) is 30.6 Å². The molecule has 122 valence electrons. The highest BCUT2D eigenvalue weighted by molar-refractivity contribution is 5.75. The van der Waals surface area contributed by atoms with Gasteiger partial charge in [0, 0.05) is 12.0 Å². The van der Waals surface area contributed by atoms with Crippen LogP contribution in [0.2, 0.25) is 0 Å². The number of nitrogens with one attached hydrogen (secondary N) is 1. The van der Waals surface area contributed by atoms with Crippen molar-refractivity contribution in [2.75, 3.05) is 13.2 Å². The summed E-state index contributed by atoms with van der Waals surface area (Å²) in [6.07, 6.45) is 4.91. The third-order valence-electron chi connectivity index (χ3n) is 5.27. The van der Waals surface area contributed by atoms with E-state index in [0.29, 0.717) is 19.5 Å². The van der Waals surface area contributed by atoms with E-state index in [1.54, 1.807) is 0 Å². The normalized spacial score (nSPS) is 30.6. The molecule has 0 bridgehead atoms. The zero-order valence-electron chi connectivity index (χ0n) is 13.0. The maximum atomic E-state index is 11.5. The second-order valence-corrected chi connectivity index (χ2v) is 6.98. The number of benzene rings is 1. The highest BCUT2D eigenvalue weighted by Crippen LogP contribution is 2.45. The summed E-state index contributed by atoms with van der Waals surface area (Å²) in [6.45, 7) is 1.31. The number of rotatable bonds is 3. The van der Waals surface area contributed by atoms with Crippen molar-refractivity contribution in [2.24, 2.45) is 5.41 Å². The van der Waals surface area contributed by atoms with Gasteiger partial charge in [0.15, 0.2) is 0 Å². The molecule has 1 aliphatic carbocycles. The van der Waals surface area contributed by atoms with Gasteiger partial charge in [0.05, 0.1) is 30.5 Å². The molecule has 1 aromatic heterocycles. The van der Waals surface area contributed by atoms with Crippen molar-refractivity contribution in [3.63, 3.8) is 0 Å². The van der Waals surface area contributed by atoms with E-state index in [4.69, 9.17) is 4.74 Å². The van der Waals surface area contributed by atoms with Crippen molar-refractivity contribution in [2.45, 2.75) is 37.8 Å². The number of aromatic nitrogens is 2. The van der Waals surface area contributed by atoms with Crippen molar-refractivity contribution in [3.8, 4) is 0 Å². The Balaban J connectivity index is 1.63. The lowest BCUT2D eigenvalue weighted by molar-refractivity contribution is -0.0542. The fourth-order valence-electron chi connectivity index (χ4n) is 4.20. The minimum absolute atomic E-state index is 0.0822. The first kappa shape index (κ1) is 14.5. The Bertz CT molecular complexity index is 744. The topological polar surface area (TPSA) is 76.4 Å². The van der Waals surface area contributed by atoms with Crippen LogP contribution in [0.25, 0.3) is 11.0 Å². The minimum Gasteiger partial charge on any atom is -0.441 e. The SMILES string of the molecule is O=C1NCC2(CCCC(CO)(Cn3cnc4ccccc43)C2)O1. The molecule has 2 N–H and O–H groups in total. The number of fused-ring (bicyclic) bond motifs is 1. The number of imidazole rings is 1. The summed E-state index contributed by atoms with van der Waals surface area (Å²) in [5.41, 5.74) is 1.28. The number of hydrogen-bond acceptors (Lipinski definition) is 4. The summed E-state index contributed by atoms with van der Waals surface area (Å²) in [5, 5.41) is 12.9. The highest BCUT2D eigenvalue weighted by atomic mass is 16.6. The Morgan fingerprint density at radius 1 is 1.35 bits per heavy atom. The van der Waals surface area contributed by atoms with Crippen LogP contribution < -0.4 is 5.32 Å². The van der Waals surface area contributed by atoms with Crippen molar-refractivity contribution >= 4 is 17.1 Å². The average Bonchev–Trinajstić information content (AvgIpc) is 3.12. The molecule has 6 heteroatoms. The van der Waals surface area contributed by atoms with E-state index in [-0.39, 0.29) is 18.1 Å². The molecule has 6 nitrogen and oxygen atoms in total. The Morgan fingerprint density at radius 3 is 3.00 bits per heavy atom. The van der Waals surface area contributed by atoms with E-state index >= 15 is 0 Å². The van der Waals surface area contributed by atoms with Gasteiger partial charge in [-0.25, -0.2) is 9.78 Å². The maximum Gasteiger partial charge on any atom is 0.407 e. The third kappa shape index (κ3) is 2.47. The number of amides is 1. The van der Waals surface area contributed by atoms with Crippen LogP contribution in [0.1, 0.15) is 25.7 Å². The molecule has 1 aliphatic heterocycles. The van der Waals surface area contributed by atoms with E-state index in [1.807, 2.05) is 30.6 Å². The first-order chi connectivity index (χ1) is 11.1. The lowest BCUT2D eigenvalue weighted by Crippen LogP contribution is -2.47. The Labute approximate surface area is 134 Å². The first-order valence-electron chi connectivity index (χ1n) is 8.11. The maximum absolute atomic E-state index is 11.5. The minimum atomic E-state index is -0.464. The summed E-state index contributed by atoms with van der Waals surface area (Å²) >= 11 is 0. The summed E-state index contributed by atoms with van der Waals surface area (Å²) in [4.78, 5) is 15.9. The van der Waals surface area contributed by atoms with Gasteiger partial charge in [0.2, 0.25) is 0 Å². The quantitative estimate of drug-likeness (QED) is 0.909. The third-order valence-corrected chi connectivity index (χ3v) is 5.27. The van der Waals surface area contributed by atoms with Gasteiger partial charge in [-0.3, -0.25) is 0 Å². The molecule has 4 rings (SSSR count). The van der Waals surface area contributed by atoms with Crippen LogP contribution in [0.4, 0.5) is 4.79 Å². The summed E-state index contributed by atoms with van der Waals surface area (Å²) in [5.74, 6) is 0. The smallest absolute Gasteiger partial charge is 0.407 e. The summed E-state index contributed by atoms with van der Waals surface area (Å²) in [7, 11) is 0. The van der Waals surface area contributed by atoms with Crippen LogP contribution in [0, 0.1) is 5.41 Å². The van der Waals surface area contributed by atoms with E-state index < -0.39 is 5.60 Å². The van der Waals surface area contributed by atoms with Crippen LogP contribution in [0.3, 0.4) is 0 Å². The van der Waals surface area contributed by atoms with Gasteiger partial charge in [-0.15, -0.1) is 0 Å². The van der Waals surface area contributed by atoms with Gasteiger partial charge in [0.25, 0.3) is 0 Å². The van der Waals surface area contributed by atoms with Gasteiger partial charge in [0.1, 0.15) is 5.60 Å². The zero-order valence-corrected chi connectivity index (χ0v) is 13.0. The number of aliphatic hydroxyl groups is 1. The number of nitrogens with zero attached hydrogens (tertiary/aromatic N) is 2. The van der Waals surface area contributed by atoms with E-state index in [2.05, 4.69) is 14.9 Å². The predicted molar refractivity (Wildman–Crippen MR) is 84.9 cm³/mol. The van der Waals surface area contributed by atoms with Gasteiger partial charge >= 0.3 is 6.09 Å². The number of para-hydroxylation sites is 2. The zero-order chi connectivity index (χ0) is 15.9. The van der Waals surface area contributed by atoms with Gasteiger partial charge < -0.3 is 19.7 Å². The Kier molecular flexibility index (Phi) is 3.30. The molecule has 23 heavy (non-hydrogen) atoms. The molecule has 2 atom stereocenters. The number of aliphatic hydroxyl groups excluding tert-OH is 1. The van der Waals surface area contributed by atoms with Gasteiger partial charge in [-0.1, -0.05) is 12.1 Å². The average molecular weight is 315 g/mol. The van der Waals surface area contributed by atoms with E-state index in [9.17, 15) is 9.90 Å². The fraction of sp³-hybridized carbons (Fsp3) is 0.529. The van der Waals surface area contributed by atoms with Gasteiger partial charge in [-0.2, -0.15) is 0 Å². The Morgan fingerprint density at radius 2 is 2.22 bits per heavy atom. The number of ether oxygens (including phenoxy) is 1. The molecular formula is C17H21N3O3. The van der Waals surface area contributed by atoms with E-state index in [0.717, 1.165) is 30.3 Å². The molecule has 0 radical (unpaired) electrons. The molecule has 2 heterocycles. The van der Waals surface area contributed by atoms with Crippen LogP contribution in [0.5, 0.6) is 0 Å². The van der Waals surface area contributed by atoms with Gasteiger partial charge in [-0.05, 0) is 37.8 Å². The lowest BCUT2D eigenvalue weighted by atomic mass is 9.67. The largest absolute Gasteiger partial charge is 0.441 e. The molecule has 1 spiro atoms. The second kappa shape index (κ2) is 5.23. The first-order valence-corrected chi connectivity index (χ1v) is 8.11. The number of alkyl carbamates (subject to hydrolysis) is 1. The van der Waals surface area contributed by atoms with Crippen LogP contribution in [-0.2, 0) is 11.3 Å². The van der Waals surface area contributed by atoms with Crippen LogP contribution >= 0.6 is 0 Å². The van der Waals surface area contributed by atoms with E-state index in [1.165, 1.54) is 0 Å². The van der Waals surface area contributed by atoms with Crippen molar-refractivity contribution in [3.05, 3.63) is 30.6 Å².